The summed E-state index contributed by atoms with van der Waals surface area (Å²) in [5.41, 5.74) is 7.68. The molecule has 0 bridgehead atoms. The van der Waals surface area contributed by atoms with Crippen molar-refractivity contribution in [3.63, 3.8) is 0 Å². The van der Waals surface area contributed by atoms with E-state index in [0.29, 0.717) is 12.1 Å². The lowest BCUT2D eigenvalue weighted by Gasteiger charge is -2.07. The predicted molar refractivity (Wildman–Crippen MR) is 97.3 cm³/mol. The summed E-state index contributed by atoms with van der Waals surface area (Å²) in [7, 11) is 0. The van der Waals surface area contributed by atoms with E-state index in [9.17, 15) is 9.59 Å². The van der Waals surface area contributed by atoms with Crippen molar-refractivity contribution in [2.75, 3.05) is 6.54 Å². The molecule has 1 heterocycles. The highest BCUT2D eigenvalue weighted by molar-refractivity contribution is 5.94. The molecule has 25 heavy (non-hydrogen) atoms. The summed E-state index contributed by atoms with van der Waals surface area (Å²) in [4.78, 5) is 27.8. The van der Waals surface area contributed by atoms with Gasteiger partial charge in [0.25, 0.3) is 5.91 Å². The van der Waals surface area contributed by atoms with Crippen LogP contribution in [0, 0.1) is 0 Å². The van der Waals surface area contributed by atoms with Gasteiger partial charge in [-0.3, -0.25) is 20.0 Å². The first kappa shape index (κ1) is 18.4. The van der Waals surface area contributed by atoms with Gasteiger partial charge in [-0.2, -0.15) is 0 Å². The van der Waals surface area contributed by atoms with Crippen LogP contribution in [0.4, 0.5) is 0 Å². The number of hydrogen-bond acceptors (Lipinski definition) is 4. The number of nitrogens with zero attached hydrogens (tertiary/aromatic N) is 1. The molecule has 0 aliphatic heterocycles. The monoisotopic (exact) mass is 338 g/mol. The van der Waals surface area contributed by atoms with Crippen molar-refractivity contribution in [3.8, 4) is 0 Å². The van der Waals surface area contributed by atoms with Gasteiger partial charge in [-0.15, -0.1) is 0 Å². The van der Waals surface area contributed by atoms with Crippen LogP contribution in [0.2, 0.25) is 0 Å². The molecule has 3 N–H and O–H groups in total. The van der Waals surface area contributed by atoms with Gasteiger partial charge in [0.05, 0.1) is 5.69 Å². The Hall–Kier alpha value is -2.99. The maximum absolute atomic E-state index is 11.9. The Labute approximate surface area is 147 Å². The number of aromatic nitrogens is 1. The van der Waals surface area contributed by atoms with Gasteiger partial charge in [-0.25, -0.2) is 5.43 Å². The first-order chi connectivity index (χ1) is 12.2. The number of amides is 2. The number of hydrogen-bond donors (Lipinski definition) is 3. The maximum atomic E-state index is 11.9. The third-order valence-corrected chi connectivity index (χ3v) is 3.35. The van der Waals surface area contributed by atoms with Gasteiger partial charge < -0.3 is 5.32 Å². The summed E-state index contributed by atoms with van der Waals surface area (Å²) in [5, 5.41) is 2.79. The number of benzene rings is 1. The predicted octanol–water partition coefficient (Wildman–Crippen LogP) is 2.06. The van der Waals surface area contributed by atoms with E-state index in [4.69, 9.17) is 0 Å². The minimum atomic E-state index is -0.198. The van der Waals surface area contributed by atoms with Crippen molar-refractivity contribution >= 4 is 17.9 Å². The third-order valence-electron chi connectivity index (χ3n) is 3.35. The topological polar surface area (TPSA) is 83.1 Å². The van der Waals surface area contributed by atoms with Crippen LogP contribution in [-0.2, 0) is 11.3 Å². The molecule has 0 atom stereocenters. The number of nitrogens with one attached hydrogen (secondary N) is 3. The van der Waals surface area contributed by atoms with Crippen LogP contribution in [0.3, 0.4) is 0 Å². The lowest BCUT2D eigenvalue weighted by atomic mass is 10.1. The summed E-state index contributed by atoms with van der Waals surface area (Å²) in [6.07, 6.45) is 5.72. The lowest BCUT2D eigenvalue weighted by Crippen LogP contribution is -2.37. The van der Waals surface area contributed by atoms with Crippen LogP contribution >= 0.6 is 0 Å². The van der Waals surface area contributed by atoms with Gasteiger partial charge in [0.2, 0.25) is 5.91 Å². The zero-order valence-electron chi connectivity index (χ0n) is 14.2. The molecule has 0 aliphatic carbocycles. The molecule has 1 aromatic carbocycles. The highest BCUT2D eigenvalue weighted by Crippen LogP contribution is 2.04. The quantitative estimate of drug-likeness (QED) is 0.391. The van der Waals surface area contributed by atoms with Crippen LogP contribution < -0.4 is 16.2 Å². The van der Waals surface area contributed by atoms with Gasteiger partial charge in [-0.05, 0) is 42.3 Å². The van der Waals surface area contributed by atoms with Gasteiger partial charge in [0.1, 0.15) is 0 Å². The van der Waals surface area contributed by atoms with Crippen LogP contribution in [-0.4, -0.2) is 23.3 Å². The number of rotatable bonds is 8. The van der Waals surface area contributed by atoms with E-state index in [-0.39, 0.29) is 11.8 Å². The number of pyridine rings is 1. The minimum Gasteiger partial charge on any atom is -0.348 e. The molecule has 6 nitrogen and oxygen atoms in total. The molecule has 0 aliphatic rings. The maximum Gasteiger partial charge on any atom is 0.265 e. The molecule has 0 saturated heterocycles. The standard InChI is InChI=1S/C19H22N4O2/c1-2-12-22-23-19(25)16-8-6-15(7-9-16)14-21-18(24)11-10-17-5-3-4-13-20-17/h3-11,13,22H,2,12,14H2,1H3,(H,21,24)(H,23,25)/b11-10+. The fraction of sp³-hybridized carbons (Fsp3) is 0.211. The Kier molecular flexibility index (Phi) is 7.34. The van der Waals surface area contributed by atoms with E-state index in [1.807, 2.05) is 37.3 Å². The number of carbonyl (C=O) groups is 2. The molecule has 1 aromatic heterocycles. The molecular weight excluding hydrogens is 316 g/mol. The largest absolute Gasteiger partial charge is 0.348 e. The van der Waals surface area contributed by atoms with E-state index < -0.39 is 0 Å². The molecule has 2 amide bonds. The Balaban J connectivity index is 1.80. The Morgan fingerprint density at radius 3 is 2.60 bits per heavy atom. The summed E-state index contributed by atoms with van der Waals surface area (Å²) >= 11 is 0. The fourth-order valence-electron chi connectivity index (χ4n) is 2.00. The van der Waals surface area contributed by atoms with Crippen molar-refractivity contribution < 1.29 is 9.59 Å². The summed E-state index contributed by atoms with van der Waals surface area (Å²) < 4.78 is 0. The Bertz CT molecular complexity index is 712. The summed E-state index contributed by atoms with van der Waals surface area (Å²) in [6, 6.07) is 12.6. The average Bonchev–Trinajstić information content (AvgIpc) is 2.66. The second-order valence-electron chi connectivity index (χ2n) is 5.38. The summed E-state index contributed by atoms with van der Waals surface area (Å²) in [6.45, 7) is 3.14. The second-order valence-corrected chi connectivity index (χ2v) is 5.38. The van der Waals surface area contributed by atoms with Gasteiger partial charge in [0, 0.05) is 30.9 Å². The number of hydrazine groups is 1. The van der Waals surface area contributed by atoms with E-state index in [1.54, 1.807) is 24.4 Å². The molecule has 0 fully saturated rings. The first-order valence-electron chi connectivity index (χ1n) is 8.18. The van der Waals surface area contributed by atoms with Gasteiger partial charge in [0.15, 0.2) is 0 Å². The zero-order chi connectivity index (χ0) is 17.9. The molecule has 2 rings (SSSR count). The van der Waals surface area contributed by atoms with Crippen LogP contribution in [0.1, 0.15) is 35.0 Å². The van der Waals surface area contributed by atoms with Crippen molar-refractivity contribution in [3.05, 3.63) is 71.6 Å². The SMILES string of the molecule is CCCNNC(=O)c1ccc(CNC(=O)/C=C/c2ccccn2)cc1. The van der Waals surface area contributed by atoms with Crippen molar-refractivity contribution in [1.29, 1.82) is 0 Å². The molecule has 0 spiro atoms. The smallest absolute Gasteiger partial charge is 0.265 e. The van der Waals surface area contributed by atoms with Gasteiger partial charge >= 0.3 is 0 Å². The molecule has 6 heteroatoms. The van der Waals surface area contributed by atoms with Crippen LogP contribution in [0.25, 0.3) is 6.08 Å². The first-order valence-corrected chi connectivity index (χ1v) is 8.18. The van der Waals surface area contributed by atoms with E-state index in [2.05, 4.69) is 21.2 Å². The Morgan fingerprint density at radius 1 is 1.12 bits per heavy atom. The lowest BCUT2D eigenvalue weighted by molar-refractivity contribution is -0.116. The second kappa shape index (κ2) is 10.00. The molecular formula is C19H22N4O2. The minimum absolute atomic E-state index is 0.178. The van der Waals surface area contributed by atoms with Crippen LogP contribution in [0.15, 0.2) is 54.7 Å². The molecule has 0 unspecified atom stereocenters. The van der Waals surface area contributed by atoms with E-state index in [0.717, 1.165) is 24.2 Å². The Morgan fingerprint density at radius 2 is 1.92 bits per heavy atom. The molecule has 2 aromatic rings. The fourth-order valence-corrected chi connectivity index (χ4v) is 2.00. The van der Waals surface area contributed by atoms with E-state index >= 15 is 0 Å². The molecule has 0 saturated carbocycles. The summed E-state index contributed by atoms with van der Waals surface area (Å²) in [5.74, 6) is -0.376. The normalized spacial score (nSPS) is 10.6. The zero-order valence-corrected chi connectivity index (χ0v) is 14.2. The van der Waals surface area contributed by atoms with Crippen molar-refractivity contribution in [2.45, 2.75) is 19.9 Å². The van der Waals surface area contributed by atoms with Gasteiger partial charge in [-0.1, -0.05) is 25.1 Å². The highest BCUT2D eigenvalue weighted by Gasteiger charge is 2.04. The highest BCUT2D eigenvalue weighted by atomic mass is 16.2. The molecule has 0 radical (unpaired) electrons. The van der Waals surface area contributed by atoms with Crippen molar-refractivity contribution in [1.82, 2.24) is 21.2 Å². The van der Waals surface area contributed by atoms with E-state index in [1.165, 1.54) is 6.08 Å². The average molecular weight is 338 g/mol. The van der Waals surface area contributed by atoms with Crippen LogP contribution in [0.5, 0.6) is 0 Å². The number of carbonyl (C=O) groups excluding carboxylic acids is 2. The van der Waals surface area contributed by atoms with Crippen molar-refractivity contribution in [2.24, 2.45) is 0 Å². The molecule has 130 valence electrons. The third kappa shape index (κ3) is 6.56.